The molecule has 0 bridgehead atoms. The van der Waals surface area contributed by atoms with Gasteiger partial charge < -0.3 is 15.1 Å². The van der Waals surface area contributed by atoms with Crippen molar-refractivity contribution >= 4 is 11.9 Å². The zero-order valence-electron chi connectivity index (χ0n) is 16.1. The van der Waals surface area contributed by atoms with Crippen LogP contribution in [0.2, 0.25) is 0 Å². The summed E-state index contributed by atoms with van der Waals surface area (Å²) < 4.78 is 13.6. The fraction of sp³-hybridized carbons (Fsp3) is 0.391. The Hall–Kier alpha value is -2.73. The molecule has 1 fully saturated rings. The third-order valence-electron chi connectivity index (χ3n) is 6.33. The number of aliphatic carboxylic acids is 1. The first kappa shape index (κ1) is 19.6. The van der Waals surface area contributed by atoms with Gasteiger partial charge in [-0.05, 0) is 54.5 Å². The number of hydrogen-bond acceptors (Lipinski definition) is 3. The maximum Gasteiger partial charge on any atom is 0.314 e. The number of nitrogens with zero attached hydrogens (tertiary/aromatic N) is 1. The number of aliphatic hydroxyl groups excluding tert-OH is 1. The molecule has 2 aromatic carbocycles. The molecule has 1 aliphatic heterocycles. The van der Waals surface area contributed by atoms with E-state index < -0.39 is 23.3 Å². The number of carbonyl (C=O) groups is 2. The lowest BCUT2D eigenvalue weighted by molar-refractivity contribution is -0.166. The number of amides is 1. The highest BCUT2D eigenvalue weighted by Gasteiger charge is 2.51. The van der Waals surface area contributed by atoms with Crippen molar-refractivity contribution in [1.82, 2.24) is 4.90 Å². The fourth-order valence-electron chi connectivity index (χ4n) is 4.73. The number of aliphatic hydroxyl groups is 1. The van der Waals surface area contributed by atoms with Crippen LogP contribution in [0.25, 0.3) is 0 Å². The Morgan fingerprint density at radius 2 is 1.79 bits per heavy atom. The van der Waals surface area contributed by atoms with Gasteiger partial charge in [-0.25, -0.2) is 4.39 Å². The van der Waals surface area contributed by atoms with Crippen LogP contribution in [0.5, 0.6) is 0 Å². The third kappa shape index (κ3) is 3.65. The zero-order valence-corrected chi connectivity index (χ0v) is 16.1. The minimum Gasteiger partial charge on any atom is -0.481 e. The molecule has 5 nitrogen and oxygen atoms in total. The summed E-state index contributed by atoms with van der Waals surface area (Å²) in [6.07, 6.45) is 0.354. The molecular weight excluding hydrogens is 373 g/mol. The quantitative estimate of drug-likeness (QED) is 0.831. The first-order chi connectivity index (χ1) is 13.9. The monoisotopic (exact) mass is 397 g/mol. The zero-order chi connectivity index (χ0) is 20.6. The van der Waals surface area contributed by atoms with Gasteiger partial charge in [0.1, 0.15) is 11.2 Å². The van der Waals surface area contributed by atoms with Gasteiger partial charge in [-0.3, -0.25) is 9.59 Å². The molecule has 2 aliphatic rings. The number of likely N-dealkylation sites (tertiary alicyclic amines) is 1. The summed E-state index contributed by atoms with van der Waals surface area (Å²) in [5, 5.41) is 20.6. The molecule has 2 N–H and O–H groups in total. The van der Waals surface area contributed by atoms with E-state index in [0.29, 0.717) is 24.9 Å². The molecule has 2 aromatic rings. The Kier molecular flexibility index (Phi) is 5.13. The number of carboxylic acid groups (broad SMARTS) is 1. The molecule has 152 valence electrons. The molecule has 1 aliphatic carbocycles. The van der Waals surface area contributed by atoms with Gasteiger partial charge in [-0.2, -0.15) is 0 Å². The van der Waals surface area contributed by atoms with Crippen molar-refractivity contribution in [2.24, 2.45) is 11.3 Å². The molecule has 1 saturated heterocycles. The molecule has 0 spiro atoms. The van der Waals surface area contributed by atoms with E-state index >= 15 is 0 Å². The van der Waals surface area contributed by atoms with Crippen LogP contribution in [0.15, 0.2) is 48.5 Å². The van der Waals surface area contributed by atoms with E-state index in [9.17, 15) is 24.2 Å². The Bertz CT molecular complexity index is 921. The van der Waals surface area contributed by atoms with E-state index in [2.05, 4.69) is 0 Å². The largest absolute Gasteiger partial charge is 0.481 e. The highest BCUT2D eigenvalue weighted by Crippen LogP contribution is 2.37. The molecule has 29 heavy (non-hydrogen) atoms. The van der Waals surface area contributed by atoms with Crippen LogP contribution in [0.3, 0.4) is 0 Å². The second-order valence-corrected chi connectivity index (χ2v) is 8.21. The molecule has 4 rings (SSSR count). The highest BCUT2D eigenvalue weighted by molar-refractivity contribution is 5.83. The van der Waals surface area contributed by atoms with Crippen LogP contribution >= 0.6 is 0 Å². The van der Waals surface area contributed by atoms with Crippen LogP contribution in [-0.4, -0.2) is 46.2 Å². The summed E-state index contributed by atoms with van der Waals surface area (Å²) in [6, 6.07) is 13.7. The second kappa shape index (κ2) is 7.59. The van der Waals surface area contributed by atoms with Gasteiger partial charge in [-0.15, -0.1) is 0 Å². The lowest BCUT2D eigenvalue weighted by atomic mass is 9.72. The van der Waals surface area contributed by atoms with E-state index in [1.165, 1.54) is 18.2 Å². The Labute approximate surface area is 168 Å². The second-order valence-electron chi connectivity index (χ2n) is 8.21. The molecule has 0 unspecified atom stereocenters. The van der Waals surface area contributed by atoms with Crippen molar-refractivity contribution in [1.29, 1.82) is 0 Å². The molecule has 1 amide bonds. The topological polar surface area (TPSA) is 77.8 Å². The molecule has 6 heteroatoms. The number of fused-ring (bicyclic) bond motifs is 1. The molecule has 2 atom stereocenters. The van der Waals surface area contributed by atoms with Crippen LogP contribution in [0.4, 0.5) is 4.39 Å². The van der Waals surface area contributed by atoms with Crippen molar-refractivity contribution in [2.45, 2.75) is 31.8 Å². The summed E-state index contributed by atoms with van der Waals surface area (Å²) in [5.74, 6) is -1.90. The lowest BCUT2D eigenvalue weighted by Crippen LogP contribution is -2.59. The van der Waals surface area contributed by atoms with E-state index in [1.807, 2.05) is 24.3 Å². The molecule has 0 radical (unpaired) electrons. The standard InChI is InChI=1S/C23H24FNO4/c24-19-7-3-4-15(10-19)13-23(22(28)29)14-25(9-8-20(23)26)21(27)18-11-16-5-1-2-6-17(16)12-18/h1-7,10,18,20,26H,8-9,11-14H2,(H,28,29)/t20-,23+/m0/s1. The molecular formula is C23H24FNO4. The van der Waals surface area contributed by atoms with Crippen molar-refractivity contribution in [3.8, 4) is 0 Å². The number of hydrogen-bond donors (Lipinski definition) is 2. The van der Waals surface area contributed by atoms with Crippen LogP contribution in [0, 0.1) is 17.2 Å². The van der Waals surface area contributed by atoms with Crippen molar-refractivity contribution in [3.05, 3.63) is 71.0 Å². The average Bonchev–Trinajstić information content (AvgIpc) is 3.13. The Balaban J connectivity index is 1.56. The fourth-order valence-corrected chi connectivity index (χ4v) is 4.73. The van der Waals surface area contributed by atoms with E-state index in [0.717, 1.165) is 11.1 Å². The minimum absolute atomic E-state index is 0.0318. The Morgan fingerprint density at radius 3 is 2.41 bits per heavy atom. The molecule has 1 heterocycles. The van der Waals surface area contributed by atoms with E-state index in [4.69, 9.17) is 0 Å². The maximum atomic E-state index is 13.6. The van der Waals surface area contributed by atoms with Crippen molar-refractivity contribution < 1.29 is 24.2 Å². The average molecular weight is 397 g/mol. The number of carbonyl (C=O) groups excluding carboxylic acids is 1. The SMILES string of the molecule is O=C(C1Cc2ccccc2C1)N1CC[C@H](O)[C@](Cc2cccc(F)c2)(C(=O)O)C1. The van der Waals surface area contributed by atoms with Gasteiger partial charge in [0, 0.05) is 19.0 Å². The van der Waals surface area contributed by atoms with Gasteiger partial charge in [0.15, 0.2) is 0 Å². The number of rotatable bonds is 4. The Morgan fingerprint density at radius 1 is 1.10 bits per heavy atom. The van der Waals surface area contributed by atoms with Gasteiger partial charge in [0.05, 0.1) is 6.10 Å². The summed E-state index contributed by atoms with van der Waals surface area (Å²) >= 11 is 0. The molecule has 0 saturated carbocycles. The third-order valence-corrected chi connectivity index (χ3v) is 6.33. The smallest absolute Gasteiger partial charge is 0.314 e. The van der Waals surface area contributed by atoms with Crippen molar-refractivity contribution in [2.75, 3.05) is 13.1 Å². The number of carboxylic acids is 1. The first-order valence-corrected chi connectivity index (χ1v) is 9.90. The lowest BCUT2D eigenvalue weighted by Gasteiger charge is -2.44. The summed E-state index contributed by atoms with van der Waals surface area (Å²) in [6.45, 7) is 0.247. The number of halogens is 1. The predicted octanol–water partition coefficient (Wildman–Crippen LogP) is 2.45. The van der Waals surface area contributed by atoms with Gasteiger partial charge in [0.25, 0.3) is 0 Å². The van der Waals surface area contributed by atoms with Gasteiger partial charge >= 0.3 is 5.97 Å². The highest BCUT2D eigenvalue weighted by atomic mass is 19.1. The molecule has 0 aromatic heterocycles. The van der Waals surface area contributed by atoms with Gasteiger partial charge in [0.2, 0.25) is 5.91 Å². The van der Waals surface area contributed by atoms with Gasteiger partial charge in [-0.1, -0.05) is 36.4 Å². The summed E-state index contributed by atoms with van der Waals surface area (Å²) in [7, 11) is 0. The van der Waals surface area contributed by atoms with Crippen LogP contribution in [0.1, 0.15) is 23.1 Å². The van der Waals surface area contributed by atoms with E-state index in [-0.39, 0.29) is 31.2 Å². The number of piperidine rings is 1. The first-order valence-electron chi connectivity index (χ1n) is 9.90. The van der Waals surface area contributed by atoms with Crippen molar-refractivity contribution in [3.63, 3.8) is 0 Å². The summed E-state index contributed by atoms with van der Waals surface area (Å²) in [5.41, 5.74) is 1.26. The maximum absolute atomic E-state index is 13.6. The normalized spacial score (nSPS) is 24.3. The van der Waals surface area contributed by atoms with Crippen LogP contribution < -0.4 is 0 Å². The number of benzene rings is 2. The predicted molar refractivity (Wildman–Crippen MR) is 105 cm³/mol. The summed E-state index contributed by atoms with van der Waals surface area (Å²) in [4.78, 5) is 27.0. The minimum atomic E-state index is -1.55. The van der Waals surface area contributed by atoms with E-state index in [1.54, 1.807) is 11.0 Å². The van der Waals surface area contributed by atoms with Crippen LogP contribution in [-0.2, 0) is 28.9 Å².